The van der Waals surface area contributed by atoms with Gasteiger partial charge >= 0.3 is 12.1 Å². The highest BCUT2D eigenvalue weighted by Crippen LogP contribution is 2.39. The van der Waals surface area contributed by atoms with Gasteiger partial charge in [-0.2, -0.15) is 13.2 Å². The van der Waals surface area contributed by atoms with Gasteiger partial charge in [0.15, 0.2) is 5.82 Å². The number of benzene rings is 2. The lowest BCUT2D eigenvalue weighted by Gasteiger charge is -2.40. The smallest absolute Gasteiger partial charge is 0.416 e. The van der Waals surface area contributed by atoms with E-state index in [1.165, 1.54) is 41.2 Å². The van der Waals surface area contributed by atoms with E-state index in [2.05, 4.69) is 4.98 Å². The number of pyridine rings is 2. The number of aromatic carboxylic acids is 1. The van der Waals surface area contributed by atoms with Gasteiger partial charge in [-0.25, -0.2) is 9.18 Å². The van der Waals surface area contributed by atoms with E-state index >= 15 is 4.39 Å². The fraction of sp³-hybridized carbons (Fsp3) is 0.269. The standard InChI is InChI=1S/C26H21F4N3O4/c1-32-13-17(24(35)36)23(34)20-16-5-6-18(21(27)22(16)31-12-19(20)32)33-9-7-25(37,8-10-33)14-3-2-4-15(11-14)26(28,29)30/h2-6,11-13,37H,7-10H2,1H3,(H,35,36). The fourth-order valence-corrected chi connectivity index (χ4v) is 4.96. The van der Waals surface area contributed by atoms with Gasteiger partial charge in [-0.3, -0.25) is 9.78 Å². The molecule has 1 aliphatic rings. The second-order valence-corrected chi connectivity index (χ2v) is 9.20. The molecule has 3 heterocycles. The zero-order chi connectivity index (χ0) is 26.7. The van der Waals surface area contributed by atoms with E-state index in [9.17, 15) is 33.0 Å². The van der Waals surface area contributed by atoms with Gasteiger partial charge in [0, 0.05) is 31.7 Å². The molecule has 0 atom stereocenters. The van der Waals surface area contributed by atoms with Crippen LogP contribution in [0, 0.1) is 5.82 Å². The van der Waals surface area contributed by atoms with E-state index in [1.54, 1.807) is 11.9 Å². The Morgan fingerprint density at radius 1 is 1.14 bits per heavy atom. The van der Waals surface area contributed by atoms with E-state index in [-0.39, 0.29) is 53.5 Å². The largest absolute Gasteiger partial charge is 0.477 e. The lowest BCUT2D eigenvalue weighted by Crippen LogP contribution is -2.43. The van der Waals surface area contributed by atoms with Crippen molar-refractivity contribution in [2.24, 2.45) is 7.05 Å². The minimum absolute atomic E-state index is 0.0374. The predicted octanol–water partition coefficient (Wildman–Crippen LogP) is 4.43. The van der Waals surface area contributed by atoms with Crippen molar-refractivity contribution in [2.75, 3.05) is 18.0 Å². The molecule has 11 heteroatoms. The molecule has 2 N–H and O–H groups in total. The lowest BCUT2D eigenvalue weighted by atomic mass is 9.83. The topological polar surface area (TPSA) is 95.7 Å². The first-order chi connectivity index (χ1) is 17.4. The zero-order valence-corrected chi connectivity index (χ0v) is 19.5. The number of alkyl halides is 3. The van der Waals surface area contributed by atoms with Crippen LogP contribution in [-0.2, 0) is 18.8 Å². The van der Waals surface area contributed by atoms with Crippen LogP contribution in [-0.4, -0.2) is 38.8 Å². The summed E-state index contributed by atoms with van der Waals surface area (Å²) in [4.78, 5) is 30.2. The van der Waals surface area contributed by atoms with E-state index < -0.39 is 40.1 Å². The Balaban J connectivity index is 1.50. The van der Waals surface area contributed by atoms with Gasteiger partial charge in [0.25, 0.3) is 0 Å². The number of carboxylic acid groups (broad SMARTS) is 1. The maximum atomic E-state index is 15.7. The fourth-order valence-electron chi connectivity index (χ4n) is 4.96. The number of piperidine rings is 1. The summed E-state index contributed by atoms with van der Waals surface area (Å²) in [5.41, 5.74) is -2.99. The van der Waals surface area contributed by atoms with E-state index in [0.29, 0.717) is 5.52 Å². The van der Waals surface area contributed by atoms with Crippen LogP contribution in [0.3, 0.4) is 0 Å². The van der Waals surface area contributed by atoms with Gasteiger partial charge in [0.2, 0.25) is 5.43 Å². The van der Waals surface area contributed by atoms with Crippen molar-refractivity contribution in [2.45, 2.75) is 24.6 Å². The summed E-state index contributed by atoms with van der Waals surface area (Å²) in [6.45, 7) is 0.321. The van der Waals surface area contributed by atoms with Gasteiger partial charge in [-0.05, 0) is 42.7 Å². The van der Waals surface area contributed by atoms with E-state index in [4.69, 9.17) is 0 Å². The number of fused-ring (bicyclic) bond motifs is 3. The first kappa shape index (κ1) is 24.7. The summed E-state index contributed by atoms with van der Waals surface area (Å²) in [5.74, 6) is -2.11. The average Bonchev–Trinajstić information content (AvgIpc) is 2.86. The number of carboxylic acids is 1. The zero-order valence-electron chi connectivity index (χ0n) is 19.5. The number of aromatic nitrogens is 2. The van der Waals surface area contributed by atoms with Crippen molar-refractivity contribution in [1.29, 1.82) is 0 Å². The number of rotatable bonds is 3. The highest BCUT2D eigenvalue weighted by Gasteiger charge is 2.37. The van der Waals surface area contributed by atoms with Crippen LogP contribution in [0.2, 0.25) is 0 Å². The summed E-state index contributed by atoms with van der Waals surface area (Å²) >= 11 is 0. The number of halogens is 4. The van der Waals surface area contributed by atoms with Crippen LogP contribution >= 0.6 is 0 Å². The van der Waals surface area contributed by atoms with Crippen LogP contribution in [0.15, 0.2) is 53.6 Å². The number of carbonyl (C=O) groups is 1. The van der Waals surface area contributed by atoms with Gasteiger partial charge in [-0.15, -0.1) is 0 Å². The van der Waals surface area contributed by atoms with Crippen LogP contribution in [0.4, 0.5) is 23.2 Å². The quantitative estimate of drug-likeness (QED) is 0.310. The SMILES string of the molecule is Cn1cc(C(=O)O)c(=O)c2c3ccc(N4CCC(O)(c5cccc(C(F)(F)F)c5)CC4)c(F)c3ncc21. The highest BCUT2D eigenvalue weighted by atomic mass is 19.4. The molecule has 0 saturated carbocycles. The summed E-state index contributed by atoms with van der Waals surface area (Å²) in [6, 6.07) is 7.54. The molecule has 0 radical (unpaired) electrons. The second kappa shape index (κ2) is 8.55. The normalized spacial score (nSPS) is 15.9. The molecule has 1 fully saturated rings. The van der Waals surface area contributed by atoms with Crippen molar-refractivity contribution in [3.05, 3.63) is 81.5 Å². The molecular formula is C26H21F4N3O4. The number of aryl methyl sites for hydroxylation is 1. The van der Waals surface area contributed by atoms with E-state index in [1.807, 2.05) is 0 Å². The second-order valence-electron chi connectivity index (χ2n) is 9.20. The van der Waals surface area contributed by atoms with Crippen molar-refractivity contribution >= 4 is 33.5 Å². The molecule has 1 aliphatic heterocycles. The number of anilines is 1. The molecule has 0 amide bonds. The molecule has 4 aromatic rings. The van der Waals surface area contributed by atoms with Crippen LogP contribution in [0.1, 0.15) is 34.3 Å². The van der Waals surface area contributed by atoms with Crippen LogP contribution in [0.25, 0.3) is 21.8 Å². The maximum Gasteiger partial charge on any atom is 0.416 e. The third-order valence-electron chi connectivity index (χ3n) is 7.00. The average molecular weight is 515 g/mol. The third kappa shape index (κ3) is 4.08. The molecule has 192 valence electrons. The summed E-state index contributed by atoms with van der Waals surface area (Å²) in [7, 11) is 1.56. The molecule has 37 heavy (non-hydrogen) atoms. The Morgan fingerprint density at radius 3 is 2.49 bits per heavy atom. The molecule has 7 nitrogen and oxygen atoms in total. The Hall–Kier alpha value is -3.99. The molecule has 0 aliphatic carbocycles. The van der Waals surface area contributed by atoms with E-state index in [0.717, 1.165) is 12.1 Å². The monoisotopic (exact) mass is 515 g/mol. The van der Waals surface area contributed by atoms with Gasteiger partial charge in [-0.1, -0.05) is 12.1 Å². The van der Waals surface area contributed by atoms with Crippen LogP contribution in [0.5, 0.6) is 0 Å². The number of nitrogens with zero attached hydrogens (tertiary/aromatic N) is 3. The minimum atomic E-state index is -4.54. The molecule has 2 aromatic carbocycles. The number of hydrogen-bond acceptors (Lipinski definition) is 5. The highest BCUT2D eigenvalue weighted by molar-refractivity contribution is 6.07. The van der Waals surface area contributed by atoms with Gasteiger partial charge < -0.3 is 19.7 Å². The molecule has 0 unspecified atom stereocenters. The maximum absolute atomic E-state index is 15.7. The Bertz CT molecular complexity index is 1620. The summed E-state index contributed by atoms with van der Waals surface area (Å²) in [6.07, 6.45) is -1.91. The Morgan fingerprint density at radius 2 is 1.84 bits per heavy atom. The third-order valence-corrected chi connectivity index (χ3v) is 7.00. The van der Waals surface area contributed by atoms with Gasteiger partial charge in [0.05, 0.1) is 34.0 Å². The molecule has 1 saturated heterocycles. The summed E-state index contributed by atoms with van der Waals surface area (Å²) in [5, 5.41) is 20.7. The predicted molar refractivity (Wildman–Crippen MR) is 128 cm³/mol. The summed E-state index contributed by atoms with van der Waals surface area (Å²) < 4.78 is 56.5. The molecule has 0 bridgehead atoms. The van der Waals surface area contributed by atoms with Crippen molar-refractivity contribution in [3.63, 3.8) is 0 Å². The van der Waals surface area contributed by atoms with Crippen molar-refractivity contribution in [1.82, 2.24) is 9.55 Å². The molecular weight excluding hydrogens is 494 g/mol. The van der Waals surface area contributed by atoms with Gasteiger partial charge in [0.1, 0.15) is 11.1 Å². The number of hydrogen-bond donors (Lipinski definition) is 2. The van der Waals surface area contributed by atoms with Crippen molar-refractivity contribution < 1.29 is 32.6 Å². The number of aliphatic hydroxyl groups is 1. The molecule has 5 rings (SSSR count). The minimum Gasteiger partial charge on any atom is -0.477 e. The first-order valence-electron chi connectivity index (χ1n) is 11.4. The molecule has 0 spiro atoms. The van der Waals surface area contributed by atoms with Crippen LogP contribution < -0.4 is 10.3 Å². The molecule has 2 aromatic heterocycles. The van der Waals surface area contributed by atoms with Crippen molar-refractivity contribution in [3.8, 4) is 0 Å². The Labute approximate surface area is 207 Å². The lowest BCUT2D eigenvalue weighted by molar-refractivity contribution is -0.137. The first-order valence-corrected chi connectivity index (χ1v) is 11.4. The Kier molecular flexibility index (Phi) is 5.70.